The largest absolute Gasteiger partial charge is 0.370 e. The van der Waals surface area contributed by atoms with Crippen molar-refractivity contribution in [3.8, 4) is 0 Å². The summed E-state index contributed by atoms with van der Waals surface area (Å²) in [5, 5.41) is 3.35. The van der Waals surface area contributed by atoms with Crippen molar-refractivity contribution in [2.24, 2.45) is 0 Å². The molecule has 2 aromatic rings. The summed E-state index contributed by atoms with van der Waals surface area (Å²) < 4.78 is 32.2. The van der Waals surface area contributed by atoms with Gasteiger partial charge in [0.1, 0.15) is 11.6 Å². The number of ether oxygens (including phenoxy) is 1. The Hall–Kier alpha value is -1.78. The van der Waals surface area contributed by atoms with Gasteiger partial charge in [-0.25, -0.2) is 8.78 Å². The fourth-order valence-electron chi connectivity index (χ4n) is 2.45. The van der Waals surface area contributed by atoms with Crippen molar-refractivity contribution in [1.82, 2.24) is 5.32 Å². The zero-order valence-corrected chi connectivity index (χ0v) is 10.9. The molecule has 2 atom stereocenters. The first kappa shape index (κ1) is 13.2. The molecule has 104 valence electrons. The molecule has 1 fully saturated rings. The molecule has 0 radical (unpaired) electrons. The SMILES string of the molecule is Fc1cc(F)cc(C2CNC(c3ccccc3)CO2)c1. The van der Waals surface area contributed by atoms with Gasteiger partial charge >= 0.3 is 0 Å². The molecule has 1 aliphatic heterocycles. The Labute approximate surface area is 116 Å². The minimum atomic E-state index is -0.575. The molecule has 4 heteroatoms. The standard InChI is InChI=1S/C16H15F2NO/c17-13-6-12(7-14(18)8-13)16-9-19-15(10-20-16)11-4-2-1-3-5-11/h1-8,15-16,19H,9-10H2. The van der Waals surface area contributed by atoms with Gasteiger partial charge in [-0.2, -0.15) is 0 Å². The summed E-state index contributed by atoms with van der Waals surface area (Å²) in [6.07, 6.45) is -0.319. The van der Waals surface area contributed by atoms with Crippen LogP contribution in [0.4, 0.5) is 8.78 Å². The highest BCUT2D eigenvalue weighted by Crippen LogP contribution is 2.26. The van der Waals surface area contributed by atoms with Gasteiger partial charge in [-0.15, -0.1) is 0 Å². The molecule has 0 amide bonds. The second kappa shape index (κ2) is 5.69. The number of halogens is 2. The molecule has 0 saturated carbocycles. The number of rotatable bonds is 2. The van der Waals surface area contributed by atoms with Crippen LogP contribution >= 0.6 is 0 Å². The number of hydrogen-bond acceptors (Lipinski definition) is 2. The summed E-state index contributed by atoms with van der Waals surface area (Å²) in [7, 11) is 0. The number of hydrogen-bond donors (Lipinski definition) is 1. The summed E-state index contributed by atoms with van der Waals surface area (Å²) >= 11 is 0. The molecule has 2 aromatic carbocycles. The lowest BCUT2D eigenvalue weighted by molar-refractivity contribution is 0.00207. The van der Waals surface area contributed by atoms with Gasteiger partial charge < -0.3 is 10.1 Å². The van der Waals surface area contributed by atoms with Crippen LogP contribution in [0, 0.1) is 11.6 Å². The fourth-order valence-corrected chi connectivity index (χ4v) is 2.45. The Kier molecular flexibility index (Phi) is 3.76. The van der Waals surface area contributed by atoms with Gasteiger partial charge in [0.15, 0.2) is 0 Å². The summed E-state index contributed by atoms with van der Waals surface area (Å²) in [4.78, 5) is 0. The van der Waals surface area contributed by atoms with E-state index in [9.17, 15) is 8.78 Å². The minimum absolute atomic E-state index is 0.117. The molecular weight excluding hydrogens is 260 g/mol. The van der Waals surface area contributed by atoms with Crippen molar-refractivity contribution < 1.29 is 13.5 Å². The van der Waals surface area contributed by atoms with Crippen LogP contribution in [0.3, 0.4) is 0 Å². The van der Waals surface area contributed by atoms with E-state index in [1.807, 2.05) is 30.3 Å². The van der Waals surface area contributed by atoms with Crippen LogP contribution in [0.25, 0.3) is 0 Å². The van der Waals surface area contributed by atoms with Gasteiger partial charge in [0.05, 0.1) is 18.8 Å². The van der Waals surface area contributed by atoms with Gasteiger partial charge in [-0.1, -0.05) is 30.3 Å². The zero-order chi connectivity index (χ0) is 13.9. The predicted molar refractivity (Wildman–Crippen MR) is 72.2 cm³/mol. The molecule has 0 bridgehead atoms. The number of morpholine rings is 1. The smallest absolute Gasteiger partial charge is 0.126 e. The molecule has 1 heterocycles. The highest BCUT2D eigenvalue weighted by Gasteiger charge is 2.24. The van der Waals surface area contributed by atoms with Gasteiger partial charge in [-0.05, 0) is 23.3 Å². The molecule has 2 unspecified atom stereocenters. The van der Waals surface area contributed by atoms with Crippen LogP contribution in [0.1, 0.15) is 23.3 Å². The topological polar surface area (TPSA) is 21.3 Å². The average molecular weight is 275 g/mol. The first-order chi connectivity index (χ1) is 9.72. The van der Waals surface area contributed by atoms with E-state index in [0.29, 0.717) is 18.7 Å². The highest BCUT2D eigenvalue weighted by atomic mass is 19.1. The Morgan fingerprint density at radius 1 is 0.950 bits per heavy atom. The maximum absolute atomic E-state index is 13.2. The normalized spacial score (nSPS) is 22.7. The molecule has 3 rings (SSSR count). The van der Waals surface area contributed by atoms with E-state index in [1.54, 1.807) is 0 Å². The summed E-state index contributed by atoms with van der Waals surface area (Å²) in [6.45, 7) is 1.01. The first-order valence-corrected chi connectivity index (χ1v) is 6.58. The Bertz CT molecular complexity index is 560. The molecule has 0 spiro atoms. The van der Waals surface area contributed by atoms with E-state index in [-0.39, 0.29) is 12.1 Å². The Morgan fingerprint density at radius 2 is 1.65 bits per heavy atom. The third-order valence-corrected chi connectivity index (χ3v) is 3.47. The highest BCUT2D eigenvalue weighted by molar-refractivity contribution is 5.23. The lowest BCUT2D eigenvalue weighted by Gasteiger charge is -2.31. The van der Waals surface area contributed by atoms with E-state index in [0.717, 1.165) is 11.6 Å². The van der Waals surface area contributed by atoms with Gasteiger partial charge in [0.2, 0.25) is 0 Å². The number of benzene rings is 2. The van der Waals surface area contributed by atoms with Gasteiger partial charge in [-0.3, -0.25) is 0 Å². The molecule has 0 aliphatic carbocycles. The van der Waals surface area contributed by atoms with Crippen molar-refractivity contribution in [3.05, 3.63) is 71.3 Å². The molecule has 0 aromatic heterocycles. The second-order valence-corrected chi connectivity index (χ2v) is 4.90. The Balaban J connectivity index is 1.69. The van der Waals surface area contributed by atoms with Gasteiger partial charge in [0, 0.05) is 12.6 Å². The molecule has 1 saturated heterocycles. The minimum Gasteiger partial charge on any atom is -0.370 e. The molecule has 1 aliphatic rings. The van der Waals surface area contributed by atoms with E-state index >= 15 is 0 Å². The van der Waals surface area contributed by atoms with Crippen molar-refractivity contribution in [3.63, 3.8) is 0 Å². The van der Waals surface area contributed by atoms with Crippen LogP contribution in [0.5, 0.6) is 0 Å². The molecule has 20 heavy (non-hydrogen) atoms. The fraction of sp³-hybridized carbons (Fsp3) is 0.250. The maximum Gasteiger partial charge on any atom is 0.126 e. The van der Waals surface area contributed by atoms with Crippen LogP contribution in [-0.4, -0.2) is 13.2 Å². The third kappa shape index (κ3) is 2.86. The molecule has 2 nitrogen and oxygen atoms in total. The van der Waals surface area contributed by atoms with Crippen LogP contribution in [0.15, 0.2) is 48.5 Å². The second-order valence-electron chi connectivity index (χ2n) is 4.90. The Morgan fingerprint density at radius 3 is 2.25 bits per heavy atom. The third-order valence-electron chi connectivity index (χ3n) is 3.47. The van der Waals surface area contributed by atoms with Crippen LogP contribution in [0.2, 0.25) is 0 Å². The summed E-state index contributed by atoms with van der Waals surface area (Å²) in [5.74, 6) is -1.15. The van der Waals surface area contributed by atoms with Crippen molar-refractivity contribution >= 4 is 0 Å². The average Bonchev–Trinajstić information content (AvgIpc) is 2.47. The van der Waals surface area contributed by atoms with Crippen LogP contribution < -0.4 is 5.32 Å². The zero-order valence-electron chi connectivity index (χ0n) is 10.9. The lowest BCUT2D eigenvalue weighted by atomic mass is 10.0. The summed E-state index contributed by atoms with van der Waals surface area (Å²) in [6, 6.07) is 13.6. The van der Waals surface area contributed by atoms with Crippen LogP contribution in [-0.2, 0) is 4.74 Å². The van der Waals surface area contributed by atoms with E-state index in [4.69, 9.17) is 4.74 Å². The summed E-state index contributed by atoms with van der Waals surface area (Å²) in [5.41, 5.74) is 1.68. The number of nitrogens with one attached hydrogen (secondary N) is 1. The lowest BCUT2D eigenvalue weighted by Crippen LogP contribution is -2.36. The van der Waals surface area contributed by atoms with Crippen molar-refractivity contribution in [1.29, 1.82) is 0 Å². The molecule has 1 N–H and O–H groups in total. The van der Waals surface area contributed by atoms with Crippen molar-refractivity contribution in [2.45, 2.75) is 12.1 Å². The maximum atomic E-state index is 13.2. The van der Waals surface area contributed by atoms with E-state index < -0.39 is 11.6 Å². The monoisotopic (exact) mass is 275 g/mol. The molecular formula is C16H15F2NO. The quantitative estimate of drug-likeness (QED) is 0.907. The van der Waals surface area contributed by atoms with E-state index in [2.05, 4.69) is 5.32 Å². The predicted octanol–water partition coefficient (Wildman–Crippen LogP) is 3.37. The van der Waals surface area contributed by atoms with Gasteiger partial charge in [0.25, 0.3) is 0 Å². The first-order valence-electron chi connectivity index (χ1n) is 6.58. The van der Waals surface area contributed by atoms with E-state index in [1.165, 1.54) is 12.1 Å². The van der Waals surface area contributed by atoms with Crippen molar-refractivity contribution in [2.75, 3.05) is 13.2 Å².